The molecule has 3 rings (SSSR count). The molecule has 1 heterocycles. The van der Waals surface area contributed by atoms with Crippen LogP contribution in [0.5, 0.6) is 0 Å². The van der Waals surface area contributed by atoms with Crippen LogP contribution in [0.2, 0.25) is 0 Å². The summed E-state index contributed by atoms with van der Waals surface area (Å²) in [6, 6.07) is 18.7. The van der Waals surface area contributed by atoms with Crippen molar-refractivity contribution in [2.45, 2.75) is 20.4 Å². The second kappa shape index (κ2) is 8.27. The van der Waals surface area contributed by atoms with Crippen molar-refractivity contribution in [2.75, 3.05) is 5.32 Å². The first-order valence-electron chi connectivity index (χ1n) is 8.69. The van der Waals surface area contributed by atoms with Crippen molar-refractivity contribution in [3.8, 4) is 0 Å². The van der Waals surface area contributed by atoms with Crippen molar-refractivity contribution in [3.05, 3.63) is 89.2 Å². The Kier molecular flexibility index (Phi) is 5.61. The number of hydrogen-bond donors (Lipinski definition) is 2. The minimum absolute atomic E-state index is 0.0260. The van der Waals surface area contributed by atoms with Gasteiger partial charge < -0.3 is 10.6 Å². The van der Waals surface area contributed by atoms with E-state index in [9.17, 15) is 9.59 Å². The number of carbonyl (C=O) groups excluding carboxylic acids is 2. The molecule has 3 aromatic rings. The van der Waals surface area contributed by atoms with Gasteiger partial charge in [-0.1, -0.05) is 29.8 Å². The van der Waals surface area contributed by atoms with Crippen LogP contribution < -0.4 is 10.6 Å². The van der Waals surface area contributed by atoms with Crippen LogP contribution in [0.4, 0.5) is 11.4 Å². The summed E-state index contributed by atoms with van der Waals surface area (Å²) in [6.45, 7) is 4.00. The molecule has 0 unspecified atom stereocenters. The summed E-state index contributed by atoms with van der Waals surface area (Å²) in [7, 11) is 0. The van der Waals surface area contributed by atoms with Crippen LogP contribution >= 0.6 is 0 Å². The number of aryl methyl sites for hydroxylation is 1. The van der Waals surface area contributed by atoms with Gasteiger partial charge in [0.1, 0.15) is 5.69 Å². The molecule has 136 valence electrons. The van der Waals surface area contributed by atoms with E-state index in [1.165, 1.54) is 6.92 Å². The SMILES string of the molecule is CC(=O)c1ccc(Nc2ccnc(C(=O)NCc3cccc(C)c3)c2)cc1. The van der Waals surface area contributed by atoms with E-state index in [0.29, 0.717) is 17.8 Å². The molecule has 0 fully saturated rings. The Labute approximate surface area is 158 Å². The molecule has 1 aromatic heterocycles. The Morgan fingerprint density at radius 1 is 0.963 bits per heavy atom. The number of pyridine rings is 1. The fourth-order valence-corrected chi connectivity index (χ4v) is 2.68. The van der Waals surface area contributed by atoms with Gasteiger partial charge in [-0.3, -0.25) is 14.6 Å². The molecule has 0 saturated heterocycles. The third kappa shape index (κ3) is 5.01. The van der Waals surface area contributed by atoms with Crippen LogP contribution in [0.1, 0.15) is 38.9 Å². The van der Waals surface area contributed by atoms with Crippen molar-refractivity contribution < 1.29 is 9.59 Å². The maximum atomic E-state index is 12.4. The fourth-order valence-electron chi connectivity index (χ4n) is 2.68. The Bertz CT molecular complexity index is 965. The molecule has 0 radical (unpaired) electrons. The van der Waals surface area contributed by atoms with Crippen molar-refractivity contribution in [2.24, 2.45) is 0 Å². The average molecular weight is 359 g/mol. The van der Waals surface area contributed by atoms with E-state index in [2.05, 4.69) is 15.6 Å². The smallest absolute Gasteiger partial charge is 0.270 e. The van der Waals surface area contributed by atoms with Gasteiger partial charge in [0, 0.05) is 29.7 Å². The molecule has 0 spiro atoms. The lowest BCUT2D eigenvalue weighted by molar-refractivity contribution is 0.0945. The minimum Gasteiger partial charge on any atom is -0.355 e. The number of ketones is 1. The zero-order chi connectivity index (χ0) is 19.2. The fraction of sp³-hybridized carbons (Fsp3) is 0.136. The molecular weight excluding hydrogens is 338 g/mol. The highest BCUT2D eigenvalue weighted by Gasteiger charge is 2.08. The second-order valence-electron chi connectivity index (χ2n) is 6.36. The number of nitrogens with one attached hydrogen (secondary N) is 2. The van der Waals surface area contributed by atoms with Gasteiger partial charge in [0.25, 0.3) is 5.91 Å². The van der Waals surface area contributed by atoms with Gasteiger partial charge in [-0.25, -0.2) is 0 Å². The first-order valence-corrected chi connectivity index (χ1v) is 8.69. The monoisotopic (exact) mass is 359 g/mol. The summed E-state index contributed by atoms with van der Waals surface area (Å²) < 4.78 is 0. The Hall–Kier alpha value is -3.47. The van der Waals surface area contributed by atoms with Crippen molar-refractivity contribution >= 4 is 23.1 Å². The lowest BCUT2D eigenvalue weighted by Gasteiger charge is -2.09. The topological polar surface area (TPSA) is 71.1 Å². The maximum absolute atomic E-state index is 12.4. The van der Waals surface area contributed by atoms with Crippen LogP contribution in [0.15, 0.2) is 66.9 Å². The molecule has 2 N–H and O–H groups in total. The van der Waals surface area contributed by atoms with E-state index in [-0.39, 0.29) is 11.7 Å². The summed E-state index contributed by atoms with van der Waals surface area (Å²) in [5.41, 5.74) is 4.78. The zero-order valence-electron chi connectivity index (χ0n) is 15.3. The number of anilines is 2. The first-order chi connectivity index (χ1) is 13.0. The maximum Gasteiger partial charge on any atom is 0.270 e. The number of aromatic nitrogens is 1. The number of amides is 1. The van der Waals surface area contributed by atoms with Crippen molar-refractivity contribution in [1.82, 2.24) is 10.3 Å². The summed E-state index contributed by atoms with van der Waals surface area (Å²) in [5.74, 6) is -0.204. The number of carbonyl (C=O) groups is 2. The third-order valence-electron chi connectivity index (χ3n) is 4.11. The lowest BCUT2D eigenvalue weighted by Crippen LogP contribution is -2.23. The van der Waals surface area contributed by atoms with Gasteiger partial charge in [-0.05, 0) is 55.8 Å². The Balaban J connectivity index is 1.65. The van der Waals surface area contributed by atoms with E-state index >= 15 is 0 Å². The normalized spacial score (nSPS) is 10.3. The molecule has 0 aliphatic rings. The van der Waals surface area contributed by atoms with Crippen LogP contribution in [0, 0.1) is 6.92 Å². The highest BCUT2D eigenvalue weighted by atomic mass is 16.1. The number of Topliss-reactive ketones (excluding diaryl/α,β-unsaturated/α-hetero) is 1. The van der Waals surface area contributed by atoms with Crippen LogP contribution in [0.25, 0.3) is 0 Å². The first kappa shape index (κ1) is 18.3. The second-order valence-corrected chi connectivity index (χ2v) is 6.36. The predicted octanol–water partition coefficient (Wildman–Crippen LogP) is 4.27. The Morgan fingerprint density at radius 2 is 1.74 bits per heavy atom. The number of nitrogens with zero attached hydrogens (tertiary/aromatic N) is 1. The standard InChI is InChI=1S/C22H21N3O2/c1-15-4-3-5-17(12-15)14-24-22(27)21-13-20(10-11-23-21)25-19-8-6-18(7-9-19)16(2)26/h3-13H,14H2,1-2H3,(H,23,25)(H,24,27). The molecule has 0 aliphatic carbocycles. The highest BCUT2D eigenvalue weighted by molar-refractivity contribution is 5.94. The molecule has 1 amide bonds. The highest BCUT2D eigenvalue weighted by Crippen LogP contribution is 2.17. The number of hydrogen-bond acceptors (Lipinski definition) is 4. The molecule has 2 aromatic carbocycles. The van der Waals surface area contributed by atoms with Crippen LogP contribution in [0.3, 0.4) is 0 Å². The van der Waals surface area contributed by atoms with Gasteiger partial charge in [0.05, 0.1) is 0 Å². The summed E-state index contributed by atoms with van der Waals surface area (Å²) in [4.78, 5) is 27.9. The van der Waals surface area contributed by atoms with Crippen molar-refractivity contribution in [3.63, 3.8) is 0 Å². The van der Waals surface area contributed by atoms with Crippen LogP contribution in [-0.2, 0) is 6.54 Å². The Morgan fingerprint density at radius 3 is 2.44 bits per heavy atom. The molecule has 5 nitrogen and oxygen atoms in total. The molecular formula is C22H21N3O2. The molecule has 5 heteroatoms. The predicted molar refractivity (Wildman–Crippen MR) is 106 cm³/mol. The summed E-state index contributed by atoms with van der Waals surface area (Å²) in [6.07, 6.45) is 1.59. The molecule has 0 bridgehead atoms. The van der Waals surface area contributed by atoms with Gasteiger partial charge in [0.15, 0.2) is 5.78 Å². The number of rotatable bonds is 6. The van der Waals surface area contributed by atoms with Crippen molar-refractivity contribution in [1.29, 1.82) is 0 Å². The van der Waals surface area contributed by atoms with E-state index in [4.69, 9.17) is 0 Å². The van der Waals surface area contributed by atoms with Crippen LogP contribution in [-0.4, -0.2) is 16.7 Å². The van der Waals surface area contributed by atoms with E-state index in [1.807, 2.05) is 43.3 Å². The largest absolute Gasteiger partial charge is 0.355 e. The summed E-state index contributed by atoms with van der Waals surface area (Å²) >= 11 is 0. The van der Waals surface area contributed by atoms with Gasteiger partial charge in [0.2, 0.25) is 0 Å². The molecule has 27 heavy (non-hydrogen) atoms. The zero-order valence-corrected chi connectivity index (χ0v) is 15.3. The molecule has 0 saturated carbocycles. The molecule has 0 aliphatic heterocycles. The van der Waals surface area contributed by atoms with E-state index in [1.54, 1.807) is 30.5 Å². The van der Waals surface area contributed by atoms with Gasteiger partial charge in [-0.15, -0.1) is 0 Å². The van der Waals surface area contributed by atoms with Gasteiger partial charge in [-0.2, -0.15) is 0 Å². The minimum atomic E-state index is -0.230. The van der Waals surface area contributed by atoms with Gasteiger partial charge >= 0.3 is 0 Å². The average Bonchev–Trinajstić information content (AvgIpc) is 2.67. The quantitative estimate of drug-likeness (QED) is 0.645. The van der Waals surface area contributed by atoms with E-state index in [0.717, 1.165) is 22.5 Å². The summed E-state index contributed by atoms with van der Waals surface area (Å²) in [5, 5.41) is 6.10. The molecule has 0 atom stereocenters. The van der Waals surface area contributed by atoms with E-state index < -0.39 is 0 Å². The third-order valence-corrected chi connectivity index (χ3v) is 4.11. The number of benzene rings is 2. The lowest BCUT2D eigenvalue weighted by atomic mass is 10.1.